The largest absolute Gasteiger partial charge is 0.454 e. The number of carbonyl (C=O) groups is 1. The number of nitrogens with zero attached hydrogens (tertiary/aromatic N) is 3. The fourth-order valence-electron chi connectivity index (χ4n) is 3.34. The summed E-state index contributed by atoms with van der Waals surface area (Å²) >= 11 is 6.34. The van der Waals surface area contributed by atoms with E-state index in [0.29, 0.717) is 27.6 Å². The van der Waals surface area contributed by atoms with Crippen LogP contribution in [0.5, 0.6) is 11.5 Å². The third-order valence-electron chi connectivity index (χ3n) is 4.75. The molecule has 9 nitrogen and oxygen atoms in total. The second-order valence-electron chi connectivity index (χ2n) is 8.53. The number of ether oxygens (including phenoxy) is 2. The van der Waals surface area contributed by atoms with Crippen LogP contribution >= 0.6 is 11.6 Å². The molecule has 0 aliphatic carbocycles. The molecule has 2 aromatic rings. The number of fused-ring (bicyclic) bond motifs is 2. The molecule has 1 N–H and O–H groups in total. The maximum atomic E-state index is 12.6. The first-order valence-electron chi connectivity index (χ1n) is 10.2. The Morgan fingerprint density at radius 2 is 1.94 bits per heavy atom. The number of hydrazone groups is 1. The number of halogens is 1. The van der Waals surface area contributed by atoms with Gasteiger partial charge in [-0.2, -0.15) is 13.5 Å². The Bertz CT molecular complexity index is 1270. The van der Waals surface area contributed by atoms with Crippen LogP contribution in [-0.2, 0) is 14.8 Å². The van der Waals surface area contributed by atoms with Crippen LogP contribution in [0.15, 0.2) is 50.8 Å². The van der Waals surface area contributed by atoms with Gasteiger partial charge in [0.05, 0.1) is 17.8 Å². The first kappa shape index (κ1) is 23.1. The average Bonchev–Trinajstić information content (AvgIpc) is 3.28. The molecule has 0 saturated heterocycles. The highest BCUT2D eigenvalue weighted by Crippen LogP contribution is 2.36. The molecule has 33 heavy (non-hydrogen) atoms. The van der Waals surface area contributed by atoms with Crippen LogP contribution in [0.2, 0.25) is 5.02 Å². The lowest BCUT2D eigenvalue weighted by atomic mass is 10.1. The van der Waals surface area contributed by atoms with Crippen molar-refractivity contribution in [3.05, 3.63) is 52.5 Å². The number of amides is 1. The summed E-state index contributed by atoms with van der Waals surface area (Å²) in [5, 5.41) is 9.11. The maximum Gasteiger partial charge on any atom is 0.285 e. The monoisotopic (exact) mass is 490 g/mol. The highest BCUT2D eigenvalue weighted by atomic mass is 35.5. The normalized spacial score (nSPS) is 15.9. The quantitative estimate of drug-likeness (QED) is 0.509. The van der Waals surface area contributed by atoms with Crippen molar-refractivity contribution in [1.29, 1.82) is 0 Å². The molecule has 2 aromatic carbocycles. The summed E-state index contributed by atoms with van der Waals surface area (Å²) in [5.41, 5.74) is 0.564. The molecule has 11 heteroatoms. The minimum Gasteiger partial charge on any atom is -0.454 e. The van der Waals surface area contributed by atoms with Crippen molar-refractivity contribution >= 4 is 39.6 Å². The highest BCUT2D eigenvalue weighted by molar-refractivity contribution is 7.90. The van der Waals surface area contributed by atoms with Gasteiger partial charge in [0, 0.05) is 29.2 Å². The number of rotatable bonds is 5. The zero-order valence-corrected chi connectivity index (χ0v) is 19.9. The summed E-state index contributed by atoms with van der Waals surface area (Å²) in [6, 6.07) is 9.80. The van der Waals surface area contributed by atoms with E-state index in [0.717, 1.165) is 0 Å². The van der Waals surface area contributed by atoms with Gasteiger partial charge in [-0.1, -0.05) is 23.7 Å². The van der Waals surface area contributed by atoms with Crippen molar-refractivity contribution in [2.24, 2.45) is 9.50 Å². The fourth-order valence-corrected chi connectivity index (χ4v) is 4.75. The number of carbonyl (C=O) groups excluding carboxylic acids is 1. The minimum atomic E-state index is -3.86. The molecule has 0 fully saturated rings. The molecule has 2 aliphatic rings. The molecule has 174 valence electrons. The van der Waals surface area contributed by atoms with E-state index in [1.54, 1.807) is 30.3 Å². The van der Waals surface area contributed by atoms with Gasteiger partial charge in [-0.05, 0) is 39.0 Å². The Morgan fingerprint density at radius 1 is 1.24 bits per heavy atom. The van der Waals surface area contributed by atoms with Gasteiger partial charge in [0.25, 0.3) is 10.0 Å². The zero-order valence-electron chi connectivity index (χ0n) is 18.3. The zero-order chi connectivity index (χ0) is 23.8. The van der Waals surface area contributed by atoms with E-state index in [4.69, 9.17) is 21.1 Å². The molecule has 0 radical (unpaired) electrons. The van der Waals surface area contributed by atoms with Crippen LogP contribution in [-0.4, -0.2) is 50.3 Å². The van der Waals surface area contributed by atoms with Crippen molar-refractivity contribution in [1.82, 2.24) is 10.3 Å². The molecular formula is C22H23ClN4O5S. The molecule has 0 aromatic heterocycles. The number of sulfonamides is 1. The molecule has 0 unspecified atom stereocenters. The Balaban J connectivity index is 1.66. The van der Waals surface area contributed by atoms with E-state index in [2.05, 4.69) is 14.8 Å². The average molecular weight is 491 g/mol. The van der Waals surface area contributed by atoms with Gasteiger partial charge in [0.15, 0.2) is 17.3 Å². The second-order valence-corrected chi connectivity index (χ2v) is 10.5. The summed E-state index contributed by atoms with van der Waals surface area (Å²) in [4.78, 5) is 12.5. The van der Waals surface area contributed by atoms with Gasteiger partial charge in [-0.25, -0.2) is 5.01 Å². The van der Waals surface area contributed by atoms with Gasteiger partial charge in [-0.3, -0.25) is 4.79 Å². The molecular weight excluding hydrogens is 468 g/mol. The third-order valence-corrected chi connectivity index (χ3v) is 6.40. The van der Waals surface area contributed by atoms with E-state index < -0.39 is 15.6 Å². The molecule has 0 atom stereocenters. The summed E-state index contributed by atoms with van der Waals surface area (Å²) < 4.78 is 39.7. The number of benzene rings is 2. The standard InChI is InChI=1S/C22H23ClN4O5S/c1-22(2,3)25-20(28)8-9-27(21-15-6-4-5-7-19(15)33(29,30)26-21)24-12-14-10-17-18(11-16(14)23)32-13-31-17/h4-7,10-12H,8-9,13H2,1-3H3,(H,25,28)/b24-12-. The predicted octanol–water partition coefficient (Wildman–Crippen LogP) is 3.16. The smallest absolute Gasteiger partial charge is 0.285 e. The number of hydrogen-bond donors (Lipinski definition) is 1. The van der Waals surface area contributed by atoms with Crippen LogP contribution in [0.25, 0.3) is 0 Å². The summed E-state index contributed by atoms with van der Waals surface area (Å²) in [7, 11) is -3.86. The van der Waals surface area contributed by atoms with Crippen molar-refractivity contribution in [3.63, 3.8) is 0 Å². The predicted molar refractivity (Wildman–Crippen MR) is 125 cm³/mol. The maximum absolute atomic E-state index is 12.6. The van der Waals surface area contributed by atoms with Crippen molar-refractivity contribution in [2.75, 3.05) is 13.3 Å². The van der Waals surface area contributed by atoms with Crippen molar-refractivity contribution < 1.29 is 22.7 Å². The van der Waals surface area contributed by atoms with E-state index >= 15 is 0 Å². The van der Waals surface area contributed by atoms with E-state index in [1.165, 1.54) is 17.3 Å². The second kappa shape index (κ2) is 8.68. The highest BCUT2D eigenvalue weighted by Gasteiger charge is 2.32. The number of nitrogens with one attached hydrogen (secondary N) is 1. The molecule has 0 spiro atoms. The lowest BCUT2D eigenvalue weighted by molar-refractivity contribution is -0.122. The van der Waals surface area contributed by atoms with E-state index in [-0.39, 0.29) is 36.4 Å². The molecule has 1 amide bonds. The van der Waals surface area contributed by atoms with E-state index in [9.17, 15) is 13.2 Å². The SMILES string of the molecule is CC(C)(C)NC(=O)CCN(/N=C\c1cc2c(cc1Cl)OCO2)C1=NS(=O)(=O)c2ccccc21. The van der Waals surface area contributed by atoms with Crippen molar-refractivity contribution in [3.8, 4) is 11.5 Å². The number of amidine groups is 1. The number of hydrogen-bond acceptors (Lipinski definition) is 7. The topological polar surface area (TPSA) is 110 Å². The van der Waals surface area contributed by atoms with Crippen LogP contribution < -0.4 is 14.8 Å². The Labute approximate surface area is 197 Å². The van der Waals surface area contributed by atoms with Gasteiger partial charge >= 0.3 is 0 Å². The minimum absolute atomic E-state index is 0.0741. The van der Waals surface area contributed by atoms with Gasteiger partial charge < -0.3 is 14.8 Å². The van der Waals surface area contributed by atoms with Crippen LogP contribution in [0.3, 0.4) is 0 Å². The lowest BCUT2D eigenvalue weighted by Gasteiger charge is -2.22. The molecule has 2 heterocycles. The molecule has 2 aliphatic heterocycles. The van der Waals surface area contributed by atoms with E-state index in [1.807, 2.05) is 20.8 Å². The first-order chi connectivity index (χ1) is 15.5. The fraction of sp³-hybridized carbons (Fsp3) is 0.318. The Hall–Kier alpha value is -3.11. The lowest BCUT2D eigenvalue weighted by Crippen LogP contribution is -2.42. The third kappa shape index (κ3) is 5.12. The molecule has 0 bridgehead atoms. The van der Waals surface area contributed by atoms with Gasteiger partial charge in [-0.15, -0.1) is 4.40 Å². The summed E-state index contributed by atoms with van der Waals surface area (Å²) in [5.74, 6) is 1.01. The van der Waals surface area contributed by atoms with Gasteiger partial charge in [0.2, 0.25) is 12.7 Å². The molecule has 0 saturated carbocycles. The first-order valence-corrected chi connectivity index (χ1v) is 12.0. The molecule has 4 rings (SSSR count). The van der Waals surface area contributed by atoms with Crippen LogP contribution in [0.1, 0.15) is 38.3 Å². The van der Waals surface area contributed by atoms with Crippen molar-refractivity contribution in [2.45, 2.75) is 37.6 Å². The Kier molecular flexibility index (Phi) is 6.06. The summed E-state index contributed by atoms with van der Waals surface area (Å²) in [6.07, 6.45) is 1.55. The van der Waals surface area contributed by atoms with Crippen LogP contribution in [0, 0.1) is 0 Å². The van der Waals surface area contributed by atoms with Crippen LogP contribution in [0.4, 0.5) is 0 Å². The Morgan fingerprint density at radius 3 is 2.67 bits per heavy atom. The summed E-state index contributed by atoms with van der Waals surface area (Å²) in [6.45, 7) is 5.85. The van der Waals surface area contributed by atoms with Gasteiger partial charge in [0.1, 0.15) is 4.90 Å².